The summed E-state index contributed by atoms with van der Waals surface area (Å²) in [5.74, 6) is -2.57. The average Bonchev–Trinajstić information content (AvgIpc) is 3.13. The van der Waals surface area contributed by atoms with Gasteiger partial charge in [-0.25, -0.2) is 0 Å². The molecule has 0 radical (unpaired) electrons. The van der Waals surface area contributed by atoms with E-state index in [1.807, 2.05) is 19.9 Å². The van der Waals surface area contributed by atoms with Crippen molar-refractivity contribution in [2.75, 3.05) is 21.2 Å². The SMILES string of the molecule is CCCC(=O)O[C@H]1[C@H](C)O[C@@H](O[C@H]2[C@H](N(C)C)[C@@H](O)[C@H](O[C@H]3C(CC=O)C[C@@H](C)[C@@H](OC(=O)CC)/C=C/C=C/C[C@@H](C)OC(=O)C[C@@H](O)[C@@H]3OC)O[C@@H]2C)C[C@@]1(C)O. The number of esters is 3. The van der Waals surface area contributed by atoms with E-state index in [0.717, 1.165) is 6.29 Å². The van der Waals surface area contributed by atoms with Crippen LogP contribution in [0.3, 0.4) is 0 Å². The number of rotatable bonds is 13. The van der Waals surface area contributed by atoms with Crippen molar-refractivity contribution in [3.8, 4) is 0 Å². The molecule has 0 aromatic rings. The lowest BCUT2D eigenvalue weighted by Crippen LogP contribution is -2.66. The van der Waals surface area contributed by atoms with Gasteiger partial charge in [-0.05, 0) is 72.5 Å². The largest absolute Gasteiger partial charge is 0.462 e. The molecule has 0 aromatic heterocycles. The zero-order valence-corrected chi connectivity index (χ0v) is 35.9. The van der Waals surface area contributed by atoms with E-state index in [-0.39, 0.29) is 38.0 Å². The Kier molecular flexibility index (Phi) is 19.9. The molecule has 2 saturated heterocycles. The van der Waals surface area contributed by atoms with Gasteiger partial charge in [-0.2, -0.15) is 0 Å². The van der Waals surface area contributed by atoms with Gasteiger partial charge in [-0.15, -0.1) is 0 Å². The average molecular weight is 828 g/mol. The van der Waals surface area contributed by atoms with E-state index in [1.165, 1.54) is 7.11 Å². The number of aliphatic hydroxyl groups excluding tert-OH is 2. The van der Waals surface area contributed by atoms with E-state index in [1.54, 1.807) is 71.8 Å². The van der Waals surface area contributed by atoms with Crippen LogP contribution < -0.4 is 0 Å². The Hall–Kier alpha value is -2.80. The first-order valence-corrected chi connectivity index (χ1v) is 20.6. The summed E-state index contributed by atoms with van der Waals surface area (Å²) in [5.41, 5.74) is -1.49. The van der Waals surface area contributed by atoms with Crippen LogP contribution in [0, 0.1) is 11.8 Å². The molecule has 16 heteroatoms. The monoisotopic (exact) mass is 827 g/mol. The summed E-state index contributed by atoms with van der Waals surface area (Å²) in [7, 11) is 4.85. The van der Waals surface area contributed by atoms with Crippen molar-refractivity contribution in [2.45, 2.75) is 185 Å². The molecule has 58 heavy (non-hydrogen) atoms. The summed E-state index contributed by atoms with van der Waals surface area (Å²) >= 11 is 0. The maximum atomic E-state index is 13.0. The van der Waals surface area contributed by atoms with Crippen molar-refractivity contribution in [1.82, 2.24) is 4.90 Å². The molecular formula is C42H69NO15. The van der Waals surface area contributed by atoms with E-state index < -0.39 is 116 Å². The molecule has 0 amide bonds. The predicted octanol–water partition coefficient (Wildman–Crippen LogP) is 3.16. The molecule has 0 saturated carbocycles. The Morgan fingerprint density at radius 3 is 2.29 bits per heavy atom. The third-order valence-corrected chi connectivity index (χ3v) is 11.0. The number of methoxy groups -OCH3 is 1. The van der Waals surface area contributed by atoms with E-state index in [4.69, 9.17) is 37.9 Å². The van der Waals surface area contributed by atoms with Gasteiger partial charge in [-0.3, -0.25) is 14.4 Å². The molecule has 2 fully saturated rings. The zero-order valence-electron chi connectivity index (χ0n) is 35.9. The number of aldehydes is 1. The molecule has 3 aliphatic rings. The van der Waals surface area contributed by atoms with Crippen LogP contribution in [0.25, 0.3) is 0 Å². The van der Waals surface area contributed by atoms with Crippen molar-refractivity contribution in [2.24, 2.45) is 11.8 Å². The quantitative estimate of drug-likeness (QED) is 0.139. The van der Waals surface area contributed by atoms with E-state index >= 15 is 0 Å². The van der Waals surface area contributed by atoms with Gasteiger partial charge in [0.2, 0.25) is 0 Å². The first kappa shape index (κ1) is 49.6. The maximum absolute atomic E-state index is 13.0. The number of hydrogen-bond acceptors (Lipinski definition) is 16. The van der Waals surface area contributed by atoms with Crippen LogP contribution in [0.15, 0.2) is 24.3 Å². The van der Waals surface area contributed by atoms with Crippen LogP contribution in [-0.4, -0.2) is 151 Å². The molecule has 16 atom stereocenters. The van der Waals surface area contributed by atoms with Gasteiger partial charge in [-0.1, -0.05) is 39.0 Å². The van der Waals surface area contributed by atoms with E-state index in [9.17, 15) is 34.5 Å². The number of likely N-dealkylation sites (N-methyl/N-ethyl adjacent to an activating group) is 1. The highest BCUT2D eigenvalue weighted by molar-refractivity contribution is 5.70. The Bertz CT molecular complexity index is 1370. The van der Waals surface area contributed by atoms with Crippen LogP contribution in [-0.2, 0) is 57.1 Å². The third kappa shape index (κ3) is 13.9. The molecule has 16 nitrogen and oxygen atoms in total. The van der Waals surface area contributed by atoms with Crippen molar-refractivity contribution >= 4 is 24.2 Å². The first-order valence-electron chi connectivity index (χ1n) is 20.6. The molecule has 1 unspecified atom stereocenters. The number of aliphatic hydroxyl groups is 3. The number of carbonyl (C=O) groups is 4. The molecule has 3 heterocycles. The second-order valence-electron chi connectivity index (χ2n) is 16.4. The number of hydrogen-bond donors (Lipinski definition) is 3. The predicted molar refractivity (Wildman–Crippen MR) is 210 cm³/mol. The van der Waals surface area contributed by atoms with Crippen molar-refractivity contribution in [1.29, 1.82) is 0 Å². The molecule has 0 aromatic carbocycles. The molecule has 332 valence electrons. The Morgan fingerprint density at radius 1 is 0.983 bits per heavy atom. The third-order valence-electron chi connectivity index (χ3n) is 11.0. The van der Waals surface area contributed by atoms with Crippen LogP contribution in [0.4, 0.5) is 0 Å². The van der Waals surface area contributed by atoms with Gasteiger partial charge in [0.15, 0.2) is 18.7 Å². The highest BCUT2D eigenvalue weighted by Crippen LogP contribution is 2.37. The van der Waals surface area contributed by atoms with Crippen molar-refractivity contribution < 1.29 is 72.4 Å². The highest BCUT2D eigenvalue weighted by atomic mass is 16.7. The number of cyclic esters (lactones) is 1. The van der Waals surface area contributed by atoms with Gasteiger partial charge in [0.05, 0.1) is 36.9 Å². The van der Waals surface area contributed by atoms with E-state index in [0.29, 0.717) is 12.8 Å². The van der Waals surface area contributed by atoms with Crippen molar-refractivity contribution in [3.05, 3.63) is 24.3 Å². The van der Waals surface area contributed by atoms with Crippen LogP contribution in [0.1, 0.15) is 99.8 Å². The molecule has 0 bridgehead atoms. The van der Waals surface area contributed by atoms with Gasteiger partial charge >= 0.3 is 17.9 Å². The minimum absolute atomic E-state index is 0.0386. The standard InChI is InChI=1S/C42H69NO15/c1-11-16-32(47)56-40-27(6)53-34(23-42(40,7)50)57-37-26(5)54-41(36(49)35(37)43(8)9)58-38-28(19-20-44)21-24(3)30(55-31(46)12-2)18-15-13-14-17-25(4)52-33(48)22-29(45)39(38)51-10/h13-15,18,20,24-30,34-41,45,49-50H,11-12,16-17,19,21-23H2,1-10H3/b14-13+,18-15+/t24-,25-,26-,27+,28?,29-,30+,34+,35-,36-,37-,38+,39+,40+,41+,42-/m1/s1. The minimum Gasteiger partial charge on any atom is -0.462 e. The Balaban J connectivity index is 1.97. The molecule has 3 aliphatic heterocycles. The van der Waals surface area contributed by atoms with Gasteiger partial charge in [0.1, 0.15) is 42.4 Å². The molecule has 0 spiro atoms. The Labute approximate surface area is 343 Å². The lowest BCUT2D eigenvalue weighted by Gasteiger charge is -2.50. The maximum Gasteiger partial charge on any atom is 0.308 e. The lowest BCUT2D eigenvalue weighted by molar-refractivity contribution is -0.344. The summed E-state index contributed by atoms with van der Waals surface area (Å²) in [6, 6.07) is -0.772. The summed E-state index contributed by atoms with van der Waals surface area (Å²) < 4.78 is 48.3. The zero-order chi connectivity index (χ0) is 43.3. The summed E-state index contributed by atoms with van der Waals surface area (Å²) in [5, 5.41) is 35.0. The second-order valence-corrected chi connectivity index (χ2v) is 16.4. The fourth-order valence-corrected chi connectivity index (χ4v) is 8.04. The molecule has 3 N–H and O–H groups in total. The number of allylic oxidation sites excluding steroid dienone is 2. The number of nitrogens with zero attached hydrogens (tertiary/aromatic N) is 1. The van der Waals surface area contributed by atoms with Gasteiger partial charge in [0.25, 0.3) is 0 Å². The van der Waals surface area contributed by atoms with Crippen molar-refractivity contribution in [3.63, 3.8) is 0 Å². The smallest absolute Gasteiger partial charge is 0.308 e. The van der Waals surface area contributed by atoms with Gasteiger partial charge < -0.3 is 62.9 Å². The second kappa shape index (κ2) is 23.3. The minimum atomic E-state index is -1.49. The normalized spacial score (nSPS) is 40.6. The van der Waals surface area contributed by atoms with Crippen LogP contribution in [0.2, 0.25) is 0 Å². The fraction of sp³-hybridized carbons (Fsp3) is 0.810. The molecule has 0 aliphatic carbocycles. The number of carbonyl (C=O) groups excluding carboxylic acids is 4. The summed E-state index contributed by atoms with van der Waals surface area (Å²) in [6.07, 6.45) is -3.09. The summed E-state index contributed by atoms with van der Waals surface area (Å²) in [6.45, 7) is 12.1. The molecular weight excluding hydrogens is 758 g/mol. The fourth-order valence-electron chi connectivity index (χ4n) is 8.04. The number of ether oxygens (including phenoxy) is 8. The highest BCUT2D eigenvalue weighted by Gasteiger charge is 2.52. The molecule has 3 rings (SSSR count). The first-order chi connectivity index (χ1) is 27.4. The lowest BCUT2D eigenvalue weighted by atomic mass is 9.82. The van der Waals surface area contributed by atoms with E-state index in [2.05, 4.69) is 0 Å². The van der Waals surface area contributed by atoms with Crippen LogP contribution in [0.5, 0.6) is 0 Å². The van der Waals surface area contributed by atoms with Gasteiger partial charge in [0, 0.05) is 39.2 Å². The summed E-state index contributed by atoms with van der Waals surface area (Å²) in [4.78, 5) is 51.9. The topological polar surface area (TPSA) is 206 Å². The Morgan fingerprint density at radius 2 is 1.69 bits per heavy atom. The van der Waals surface area contributed by atoms with Crippen LogP contribution >= 0.6 is 0 Å².